The van der Waals surface area contributed by atoms with Gasteiger partial charge in [0.15, 0.2) is 10.2 Å². The van der Waals surface area contributed by atoms with Gasteiger partial charge in [0.25, 0.3) is 5.91 Å². The van der Waals surface area contributed by atoms with Crippen molar-refractivity contribution in [3.05, 3.63) is 50.6 Å². The molecule has 122 valence electrons. The number of carbonyl (C=O) groups is 1. The number of nitrogens with zero attached hydrogens (tertiary/aromatic N) is 1. The quantitative estimate of drug-likeness (QED) is 0.368. The second kappa shape index (κ2) is 7.18. The summed E-state index contributed by atoms with van der Waals surface area (Å²) in [6.45, 7) is 0. The van der Waals surface area contributed by atoms with Crippen LogP contribution in [0.1, 0.15) is 10.4 Å². The zero-order chi connectivity index (χ0) is 17.3. The number of anilines is 1. The van der Waals surface area contributed by atoms with Crippen molar-refractivity contribution in [2.45, 2.75) is 0 Å². The van der Waals surface area contributed by atoms with Crippen LogP contribution in [-0.2, 0) is 0 Å². The van der Waals surface area contributed by atoms with E-state index in [1.165, 1.54) is 11.3 Å². The molecule has 0 spiro atoms. The first-order valence-electron chi connectivity index (χ1n) is 6.59. The van der Waals surface area contributed by atoms with Gasteiger partial charge in [0, 0.05) is 3.57 Å². The van der Waals surface area contributed by atoms with Crippen LogP contribution in [0.2, 0.25) is 5.02 Å². The Bertz CT molecular complexity index is 961. The molecule has 5 nitrogen and oxygen atoms in total. The van der Waals surface area contributed by atoms with Gasteiger partial charge in [-0.1, -0.05) is 22.9 Å². The Kier molecular flexibility index (Phi) is 5.18. The summed E-state index contributed by atoms with van der Waals surface area (Å²) in [5.41, 5.74) is 1.08. The Hall–Kier alpha value is -1.49. The van der Waals surface area contributed by atoms with Gasteiger partial charge in [-0.15, -0.1) is 0 Å². The highest BCUT2D eigenvalue weighted by Gasteiger charge is 2.13. The summed E-state index contributed by atoms with van der Waals surface area (Å²) in [7, 11) is 0. The number of thiocarbonyl (C=S) groups is 1. The highest BCUT2D eigenvalue weighted by atomic mass is 127. The second-order valence-electron chi connectivity index (χ2n) is 4.70. The summed E-state index contributed by atoms with van der Waals surface area (Å²) in [5.74, 6) is -0.225. The lowest BCUT2D eigenvalue weighted by Crippen LogP contribution is -2.34. The van der Waals surface area contributed by atoms with Gasteiger partial charge in [0.1, 0.15) is 5.75 Å². The monoisotopic (exact) mass is 489 g/mol. The topological polar surface area (TPSA) is 74.2 Å². The number of benzene rings is 2. The molecule has 0 atom stereocenters. The maximum absolute atomic E-state index is 12.3. The highest BCUT2D eigenvalue weighted by molar-refractivity contribution is 14.1. The lowest BCUT2D eigenvalue weighted by atomic mass is 10.2. The number of carbonyl (C=O) groups excluding carboxylic acids is 1. The predicted molar refractivity (Wildman–Crippen MR) is 109 cm³/mol. The smallest absolute Gasteiger partial charge is 0.258 e. The van der Waals surface area contributed by atoms with Crippen molar-refractivity contribution >= 4 is 84.1 Å². The van der Waals surface area contributed by atoms with Gasteiger partial charge in [-0.05, 0) is 71.2 Å². The minimum atomic E-state index is -0.394. The molecule has 0 bridgehead atoms. The van der Waals surface area contributed by atoms with Crippen molar-refractivity contribution in [3.8, 4) is 5.75 Å². The third-order valence-corrected chi connectivity index (χ3v) is 5.13. The minimum Gasteiger partial charge on any atom is -0.508 e. The fourth-order valence-corrected chi connectivity index (χ4v) is 3.79. The number of phenolic OH excluding ortho intramolecular Hbond substituents is 1. The first-order chi connectivity index (χ1) is 11.4. The van der Waals surface area contributed by atoms with Crippen LogP contribution in [0.15, 0.2) is 36.4 Å². The zero-order valence-corrected chi connectivity index (χ0v) is 16.4. The van der Waals surface area contributed by atoms with Gasteiger partial charge in [-0.25, -0.2) is 4.98 Å². The number of hydrogen-bond donors (Lipinski definition) is 3. The number of phenols is 1. The molecule has 0 unspecified atom stereocenters. The zero-order valence-electron chi connectivity index (χ0n) is 11.8. The molecule has 1 amide bonds. The largest absolute Gasteiger partial charge is 0.508 e. The van der Waals surface area contributed by atoms with Gasteiger partial charge < -0.3 is 10.4 Å². The third kappa shape index (κ3) is 3.94. The van der Waals surface area contributed by atoms with Crippen molar-refractivity contribution in [1.82, 2.24) is 10.3 Å². The van der Waals surface area contributed by atoms with Crippen LogP contribution in [0.5, 0.6) is 5.75 Å². The van der Waals surface area contributed by atoms with Crippen LogP contribution in [0.25, 0.3) is 10.2 Å². The molecule has 1 aromatic heterocycles. The maximum Gasteiger partial charge on any atom is 0.258 e. The Labute approximate surface area is 165 Å². The number of halogens is 2. The molecule has 0 aliphatic carbocycles. The van der Waals surface area contributed by atoms with E-state index in [1.807, 2.05) is 6.07 Å². The molecular formula is C15H9ClIN3O2S2. The Morgan fingerprint density at radius 3 is 2.88 bits per heavy atom. The Balaban J connectivity index is 1.72. The van der Waals surface area contributed by atoms with Crippen molar-refractivity contribution < 1.29 is 9.90 Å². The summed E-state index contributed by atoms with van der Waals surface area (Å²) >= 11 is 14.6. The van der Waals surface area contributed by atoms with Crippen LogP contribution in [0, 0.1) is 3.57 Å². The molecule has 3 N–H and O–H groups in total. The Morgan fingerprint density at radius 1 is 1.29 bits per heavy atom. The normalized spacial score (nSPS) is 10.6. The van der Waals surface area contributed by atoms with Crippen LogP contribution >= 0.6 is 57.7 Å². The average Bonchev–Trinajstić information content (AvgIpc) is 2.90. The summed E-state index contributed by atoms with van der Waals surface area (Å²) in [6, 6.07) is 10.0. The van der Waals surface area contributed by atoms with E-state index in [0.717, 1.165) is 13.8 Å². The molecule has 3 aromatic rings. The molecule has 0 saturated heterocycles. The molecule has 0 radical (unpaired) electrons. The van der Waals surface area contributed by atoms with Crippen LogP contribution in [0.3, 0.4) is 0 Å². The van der Waals surface area contributed by atoms with E-state index in [4.69, 9.17) is 23.8 Å². The van der Waals surface area contributed by atoms with E-state index in [9.17, 15) is 9.90 Å². The molecule has 0 aliphatic heterocycles. The number of thiazole rings is 1. The molecule has 1 heterocycles. The standard InChI is InChI=1S/C15H9ClIN3O2S2/c16-10-3-1-7(17)5-9(10)13(22)19-14(23)20-15-18-11-4-2-8(21)6-12(11)24-15/h1-6,21H,(H2,18,19,20,22,23). The van der Waals surface area contributed by atoms with Gasteiger partial charge >= 0.3 is 0 Å². The SMILES string of the molecule is O=C(NC(=S)Nc1nc2ccc(O)cc2s1)c1cc(I)ccc1Cl. The number of aromatic nitrogens is 1. The van der Waals surface area contributed by atoms with Crippen LogP contribution in [0.4, 0.5) is 5.13 Å². The lowest BCUT2D eigenvalue weighted by Gasteiger charge is -2.08. The van der Waals surface area contributed by atoms with Crippen molar-refractivity contribution in [1.29, 1.82) is 0 Å². The summed E-state index contributed by atoms with van der Waals surface area (Å²) in [4.78, 5) is 16.6. The summed E-state index contributed by atoms with van der Waals surface area (Å²) < 4.78 is 1.71. The molecular weight excluding hydrogens is 481 g/mol. The maximum atomic E-state index is 12.3. The number of nitrogens with one attached hydrogen (secondary N) is 2. The number of aromatic hydroxyl groups is 1. The van der Waals surface area contributed by atoms with Crippen molar-refractivity contribution in [3.63, 3.8) is 0 Å². The van der Waals surface area contributed by atoms with Gasteiger partial charge in [0.2, 0.25) is 0 Å². The van der Waals surface area contributed by atoms with Gasteiger partial charge in [-0.2, -0.15) is 0 Å². The molecule has 0 saturated carbocycles. The fraction of sp³-hybridized carbons (Fsp3) is 0. The van der Waals surface area contributed by atoms with E-state index < -0.39 is 5.91 Å². The number of fused-ring (bicyclic) bond motifs is 1. The van der Waals surface area contributed by atoms with Gasteiger partial charge in [-0.3, -0.25) is 10.1 Å². The average molecular weight is 490 g/mol. The van der Waals surface area contributed by atoms with E-state index in [-0.39, 0.29) is 10.9 Å². The molecule has 3 rings (SSSR count). The number of amides is 1. The number of rotatable bonds is 2. The summed E-state index contributed by atoms with van der Waals surface area (Å²) in [5, 5.41) is 15.9. The predicted octanol–water partition coefficient (Wildman–Crippen LogP) is 4.39. The first kappa shape index (κ1) is 17.3. The second-order valence-corrected chi connectivity index (χ2v) is 7.80. The van der Waals surface area contributed by atoms with E-state index in [2.05, 4.69) is 38.2 Å². The fourth-order valence-electron chi connectivity index (χ4n) is 1.94. The van der Waals surface area contributed by atoms with Crippen LogP contribution in [-0.4, -0.2) is 21.1 Å². The van der Waals surface area contributed by atoms with Crippen molar-refractivity contribution in [2.24, 2.45) is 0 Å². The van der Waals surface area contributed by atoms with E-state index >= 15 is 0 Å². The Morgan fingerprint density at radius 2 is 2.08 bits per heavy atom. The van der Waals surface area contributed by atoms with Gasteiger partial charge in [0.05, 0.1) is 20.8 Å². The molecule has 0 aliphatic rings. The third-order valence-electron chi connectivity index (χ3n) is 2.99. The lowest BCUT2D eigenvalue weighted by molar-refractivity contribution is 0.0978. The molecule has 0 fully saturated rings. The minimum absolute atomic E-state index is 0.123. The molecule has 9 heteroatoms. The molecule has 2 aromatic carbocycles. The van der Waals surface area contributed by atoms with E-state index in [1.54, 1.807) is 30.3 Å². The van der Waals surface area contributed by atoms with Crippen LogP contribution < -0.4 is 10.6 Å². The summed E-state index contributed by atoms with van der Waals surface area (Å²) in [6.07, 6.45) is 0. The number of hydrogen-bond acceptors (Lipinski definition) is 5. The highest BCUT2D eigenvalue weighted by Crippen LogP contribution is 2.28. The van der Waals surface area contributed by atoms with E-state index in [0.29, 0.717) is 15.7 Å². The first-order valence-corrected chi connectivity index (χ1v) is 9.27. The van der Waals surface area contributed by atoms with Crippen molar-refractivity contribution in [2.75, 3.05) is 5.32 Å². The molecule has 24 heavy (non-hydrogen) atoms.